The number of piperidine rings is 1. The Bertz CT molecular complexity index is 1030. The molecule has 1 heterocycles. The molecule has 0 radical (unpaired) electrons. The molecule has 0 aromatic heterocycles. The molecular formula is C24H30N2O5S. The van der Waals surface area contributed by atoms with Gasteiger partial charge in [0.1, 0.15) is 0 Å². The summed E-state index contributed by atoms with van der Waals surface area (Å²) in [6, 6.07) is 14.4. The van der Waals surface area contributed by atoms with Gasteiger partial charge in [0.2, 0.25) is 10.0 Å². The fourth-order valence-corrected chi connectivity index (χ4v) is 5.12. The Morgan fingerprint density at radius 1 is 1.00 bits per heavy atom. The zero-order chi connectivity index (χ0) is 23.0. The highest BCUT2D eigenvalue weighted by Gasteiger charge is 2.25. The Balaban J connectivity index is 1.41. The molecule has 1 aliphatic rings. The summed E-state index contributed by atoms with van der Waals surface area (Å²) < 4.78 is 32.0. The molecule has 3 rings (SSSR count). The van der Waals surface area contributed by atoms with Crippen LogP contribution < -0.4 is 5.32 Å². The zero-order valence-corrected chi connectivity index (χ0v) is 19.2. The summed E-state index contributed by atoms with van der Waals surface area (Å²) in [5, 5.41) is 2.74. The number of rotatable bonds is 9. The summed E-state index contributed by atoms with van der Waals surface area (Å²) in [4.78, 5) is 24.2. The molecule has 0 spiro atoms. The van der Waals surface area contributed by atoms with Gasteiger partial charge in [-0.1, -0.05) is 42.8 Å². The Morgan fingerprint density at radius 2 is 1.69 bits per heavy atom. The number of aryl methyl sites for hydroxylation is 2. The first kappa shape index (κ1) is 23.9. The quantitative estimate of drug-likeness (QED) is 0.583. The predicted molar refractivity (Wildman–Crippen MR) is 121 cm³/mol. The first-order valence-corrected chi connectivity index (χ1v) is 12.4. The molecule has 7 nitrogen and oxygen atoms in total. The lowest BCUT2D eigenvalue weighted by Gasteiger charge is -2.25. The number of benzene rings is 2. The number of amides is 1. The molecule has 2 aromatic carbocycles. The van der Waals surface area contributed by atoms with Crippen LogP contribution in [-0.2, 0) is 37.3 Å². The minimum Gasteiger partial charge on any atom is -0.456 e. The summed E-state index contributed by atoms with van der Waals surface area (Å²) in [5.74, 6) is -0.824. The summed E-state index contributed by atoms with van der Waals surface area (Å²) in [7, 11) is -3.46. The molecule has 0 saturated carbocycles. The van der Waals surface area contributed by atoms with Crippen molar-refractivity contribution >= 4 is 21.9 Å². The molecule has 1 amide bonds. The van der Waals surface area contributed by atoms with Crippen molar-refractivity contribution in [2.45, 2.75) is 50.5 Å². The van der Waals surface area contributed by atoms with Crippen molar-refractivity contribution in [1.29, 1.82) is 0 Å². The normalized spacial score (nSPS) is 14.7. The van der Waals surface area contributed by atoms with E-state index in [-0.39, 0.29) is 23.8 Å². The molecule has 1 aliphatic heterocycles. The van der Waals surface area contributed by atoms with E-state index in [0.29, 0.717) is 26.1 Å². The fraction of sp³-hybridized carbons (Fsp3) is 0.417. The Hall–Kier alpha value is -2.71. The average molecular weight is 459 g/mol. The average Bonchev–Trinajstić information content (AvgIpc) is 2.81. The van der Waals surface area contributed by atoms with Gasteiger partial charge >= 0.3 is 5.97 Å². The highest BCUT2D eigenvalue weighted by Crippen LogP contribution is 2.21. The van der Waals surface area contributed by atoms with E-state index in [0.717, 1.165) is 36.0 Å². The van der Waals surface area contributed by atoms with Crippen LogP contribution in [0.25, 0.3) is 0 Å². The fourth-order valence-electron chi connectivity index (χ4n) is 3.60. The summed E-state index contributed by atoms with van der Waals surface area (Å²) >= 11 is 0. The van der Waals surface area contributed by atoms with Crippen LogP contribution in [0.1, 0.15) is 42.4 Å². The van der Waals surface area contributed by atoms with E-state index in [1.165, 1.54) is 4.31 Å². The van der Waals surface area contributed by atoms with Gasteiger partial charge in [0.25, 0.3) is 5.91 Å². The second-order valence-corrected chi connectivity index (χ2v) is 9.91. The van der Waals surface area contributed by atoms with E-state index in [1.54, 1.807) is 24.3 Å². The minimum absolute atomic E-state index is 0.114. The van der Waals surface area contributed by atoms with Crippen molar-refractivity contribution in [3.8, 4) is 0 Å². The van der Waals surface area contributed by atoms with E-state index in [1.807, 2.05) is 31.2 Å². The Morgan fingerprint density at radius 3 is 2.38 bits per heavy atom. The minimum atomic E-state index is -3.46. The number of carbonyl (C=O) groups excluding carboxylic acids is 2. The highest BCUT2D eigenvalue weighted by molar-refractivity contribution is 7.89. The number of hydrogen-bond donors (Lipinski definition) is 1. The first-order valence-electron chi connectivity index (χ1n) is 10.9. The Labute approximate surface area is 189 Å². The number of sulfonamides is 1. The van der Waals surface area contributed by atoms with E-state index in [2.05, 4.69) is 5.32 Å². The van der Waals surface area contributed by atoms with E-state index in [9.17, 15) is 18.0 Å². The molecule has 0 unspecified atom stereocenters. The zero-order valence-electron chi connectivity index (χ0n) is 18.4. The van der Waals surface area contributed by atoms with Gasteiger partial charge in [-0.15, -0.1) is 0 Å². The van der Waals surface area contributed by atoms with Crippen molar-refractivity contribution < 1.29 is 22.7 Å². The summed E-state index contributed by atoms with van der Waals surface area (Å²) in [6.07, 6.45) is 3.37. The SMILES string of the molecule is Cc1ccccc1CNC(=O)COC(=O)CCc1ccc(S(=O)(=O)N2CCCCC2)cc1. The van der Waals surface area contributed by atoms with Crippen LogP contribution in [-0.4, -0.2) is 44.3 Å². The third-order valence-corrected chi connectivity index (χ3v) is 7.51. The van der Waals surface area contributed by atoms with Gasteiger partial charge < -0.3 is 10.1 Å². The number of nitrogens with zero attached hydrogens (tertiary/aromatic N) is 1. The highest BCUT2D eigenvalue weighted by atomic mass is 32.2. The Kier molecular flexibility index (Phi) is 8.41. The molecule has 1 saturated heterocycles. The molecule has 0 aliphatic carbocycles. The third kappa shape index (κ3) is 6.64. The maximum absolute atomic E-state index is 12.7. The number of nitrogens with one attached hydrogen (secondary N) is 1. The first-order chi connectivity index (χ1) is 15.4. The van der Waals surface area contributed by atoms with E-state index < -0.39 is 16.0 Å². The maximum Gasteiger partial charge on any atom is 0.306 e. The van der Waals surface area contributed by atoms with Gasteiger partial charge in [-0.05, 0) is 55.0 Å². The lowest BCUT2D eigenvalue weighted by Crippen LogP contribution is -2.35. The van der Waals surface area contributed by atoms with Gasteiger partial charge in [0, 0.05) is 26.1 Å². The van der Waals surface area contributed by atoms with Gasteiger partial charge in [-0.25, -0.2) is 8.42 Å². The van der Waals surface area contributed by atoms with Crippen LogP contribution in [0.4, 0.5) is 0 Å². The number of ether oxygens (including phenoxy) is 1. The lowest BCUT2D eigenvalue weighted by atomic mass is 10.1. The van der Waals surface area contributed by atoms with Crippen molar-refractivity contribution in [1.82, 2.24) is 9.62 Å². The monoisotopic (exact) mass is 458 g/mol. The van der Waals surface area contributed by atoms with Crippen LogP contribution >= 0.6 is 0 Å². The predicted octanol–water partition coefficient (Wildman–Crippen LogP) is 2.96. The second kappa shape index (κ2) is 11.2. The molecular weight excluding hydrogens is 428 g/mol. The molecule has 32 heavy (non-hydrogen) atoms. The van der Waals surface area contributed by atoms with Gasteiger partial charge in [-0.3, -0.25) is 9.59 Å². The van der Waals surface area contributed by atoms with Crippen LogP contribution in [0.5, 0.6) is 0 Å². The van der Waals surface area contributed by atoms with E-state index >= 15 is 0 Å². The molecule has 0 atom stereocenters. The van der Waals surface area contributed by atoms with Crippen molar-refractivity contribution in [3.05, 3.63) is 65.2 Å². The second-order valence-electron chi connectivity index (χ2n) is 7.97. The molecule has 2 aromatic rings. The van der Waals surface area contributed by atoms with Crippen LogP contribution in [0.2, 0.25) is 0 Å². The van der Waals surface area contributed by atoms with E-state index in [4.69, 9.17) is 4.74 Å². The van der Waals surface area contributed by atoms with Gasteiger partial charge in [0.05, 0.1) is 4.90 Å². The summed E-state index contributed by atoms with van der Waals surface area (Å²) in [6.45, 7) is 3.16. The van der Waals surface area contributed by atoms with Crippen LogP contribution in [0.15, 0.2) is 53.4 Å². The molecule has 8 heteroatoms. The standard InChI is InChI=1S/C24H30N2O5S/c1-19-7-3-4-8-21(19)17-25-23(27)18-31-24(28)14-11-20-9-12-22(13-10-20)32(29,30)26-15-5-2-6-16-26/h3-4,7-10,12-13H,2,5-6,11,14-18H2,1H3,(H,25,27). The third-order valence-electron chi connectivity index (χ3n) is 5.60. The van der Waals surface area contributed by atoms with Crippen molar-refractivity contribution in [2.75, 3.05) is 19.7 Å². The van der Waals surface area contributed by atoms with Crippen LogP contribution in [0, 0.1) is 6.92 Å². The molecule has 172 valence electrons. The largest absolute Gasteiger partial charge is 0.456 e. The molecule has 0 bridgehead atoms. The smallest absolute Gasteiger partial charge is 0.306 e. The van der Waals surface area contributed by atoms with Gasteiger partial charge in [0.15, 0.2) is 6.61 Å². The van der Waals surface area contributed by atoms with Crippen molar-refractivity contribution in [2.24, 2.45) is 0 Å². The number of esters is 1. The topological polar surface area (TPSA) is 92.8 Å². The molecule has 1 fully saturated rings. The maximum atomic E-state index is 12.7. The number of hydrogen-bond acceptors (Lipinski definition) is 5. The molecule has 1 N–H and O–H groups in total. The lowest BCUT2D eigenvalue weighted by molar-refractivity contribution is -0.148. The summed E-state index contributed by atoms with van der Waals surface area (Å²) in [5.41, 5.74) is 2.93. The number of carbonyl (C=O) groups is 2. The van der Waals surface area contributed by atoms with Gasteiger partial charge in [-0.2, -0.15) is 4.31 Å². The van der Waals surface area contributed by atoms with Crippen molar-refractivity contribution in [3.63, 3.8) is 0 Å². The van der Waals surface area contributed by atoms with Crippen LogP contribution in [0.3, 0.4) is 0 Å².